The molecule has 0 unspecified atom stereocenters. The quantitative estimate of drug-likeness (QED) is 0.330. The SMILES string of the molecule is Cc1ccc(CC(=O)NC2CCC(CN(Cc3ccccc3)S(=O)(=O)c3ccc(Cl)cc3Cl)CC2)cc1. The first kappa shape index (κ1) is 27.6. The van der Waals surface area contributed by atoms with Gasteiger partial charge in [-0.05, 0) is 67.9 Å². The average molecular weight is 560 g/mol. The number of hydrogen-bond acceptors (Lipinski definition) is 3. The van der Waals surface area contributed by atoms with Gasteiger partial charge in [-0.15, -0.1) is 0 Å². The number of sulfonamides is 1. The molecular formula is C29H32Cl2N2O3S. The molecule has 1 N–H and O–H groups in total. The summed E-state index contributed by atoms with van der Waals surface area (Å²) in [4.78, 5) is 12.6. The molecular weight excluding hydrogens is 527 g/mol. The molecule has 0 aromatic heterocycles. The number of carbonyl (C=O) groups is 1. The number of nitrogens with one attached hydrogen (secondary N) is 1. The van der Waals surface area contributed by atoms with Gasteiger partial charge in [0.05, 0.1) is 11.4 Å². The normalized spacial score (nSPS) is 18.1. The lowest BCUT2D eigenvalue weighted by Gasteiger charge is -2.33. The maximum atomic E-state index is 13.7. The number of benzene rings is 3. The Labute approximate surface area is 229 Å². The van der Waals surface area contributed by atoms with Gasteiger partial charge in [0, 0.05) is 24.2 Å². The zero-order valence-corrected chi connectivity index (χ0v) is 23.2. The highest BCUT2D eigenvalue weighted by atomic mass is 35.5. The number of aryl methyl sites for hydroxylation is 1. The summed E-state index contributed by atoms with van der Waals surface area (Å²) in [5.74, 6) is 0.216. The van der Waals surface area contributed by atoms with Crippen molar-refractivity contribution in [1.82, 2.24) is 9.62 Å². The van der Waals surface area contributed by atoms with Gasteiger partial charge in [-0.2, -0.15) is 4.31 Å². The molecule has 1 aliphatic carbocycles. The Morgan fingerprint density at radius 3 is 2.24 bits per heavy atom. The zero-order chi connectivity index (χ0) is 26.4. The molecule has 0 bridgehead atoms. The molecule has 0 saturated heterocycles. The zero-order valence-electron chi connectivity index (χ0n) is 20.9. The van der Waals surface area contributed by atoms with Crippen molar-refractivity contribution in [3.05, 3.63) is 99.5 Å². The van der Waals surface area contributed by atoms with Crippen LogP contribution in [0.1, 0.15) is 42.4 Å². The number of nitrogens with zero attached hydrogens (tertiary/aromatic N) is 1. The molecule has 0 atom stereocenters. The molecule has 0 spiro atoms. The lowest BCUT2D eigenvalue weighted by atomic mass is 9.86. The number of rotatable bonds is 9. The maximum Gasteiger partial charge on any atom is 0.244 e. The Morgan fingerprint density at radius 2 is 1.59 bits per heavy atom. The van der Waals surface area contributed by atoms with Crippen LogP contribution in [-0.2, 0) is 27.8 Å². The predicted octanol–water partition coefficient (Wildman–Crippen LogP) is 6.41. The van der Waals surface area contributed by atoms with Crippen LogP contribution >= 0.6 is 23.2 Å². The summed E-state index contributed by atoms with van der Waals surface area (Å²) < 4.78 is 28.9. The van der Waals surface area contributed by atoms with Gasteiger partial charge in [0.2, 0.25) is 15.9 Å². The Morgan fingerprint density at radius 1 is 0.919 bits per heavy atom. The summed E-state index contributed by atoms with van der Waals surface area (Å²) in [5, 5.41) is 3.67. The van der Waals surface area contributed by atoms with Crippen LogP contribution in [0.4, 0.5) is 0 Å². The van der Waals surface area contributed by atoms with E-state index in [9.17, 15) is 13.2 Å². The lowest BCUT2D eigenvalue weighted by Crippen LogP contribution is -2.41. The third-order valence-electron chi connectivity index (χ3n) is 6.87. The van der Waals surface area contributed by atoms with Crippen LogP contribution in [0, 0.1) is 12.8 Å². The molecule has 0 aliphatic heterocycles. The summed E-state index contributed by atoms with van der Waals surface area (Å²) in [5.41, 5.74) is 3.08. The first-order chi connectivity index (χ1) is 17.7. The van der Waals surface area contributed by atoms with Gasteiger partial charge in [-0.25, -0.2) is 8.42 Å². The summed E-state index contributed by atoms with van der Waals surface area (Å²) in [6.07, 6.45) is 3.69. The van der Waals surface area contributed by atoms with Crippen molar-refractivity contribution < 1.29 is 13.2 Å². The minimum atomic E-state index is -3.84. The van der Waals surface area contributed by atoms with E-state index in [1.807, 2.05) is 61.5 Å². The van der Waals surface area contributed by atoms with Crippen molar-refractivity contribution in [2.75, 3.05) is 6.54 Å². The van der Waals surface area contributed by atoms with Crippen molar-refractivity contribution in [2.24, 2.45) is 5.92 Å². The summed E-state index contributed by atoms with van der Waals surface area (Å²) >= 11 is 12.3. The third-order valence-corrected chi connectivity index (χ3v) is 9.40. The molecule has 1 amide bonds. The van der Waals surface area contributed by atoms with Crippen LogP contribution in [0.5, 0.6) is 0 Å². The Balaban J connectivity index is 1.40. The second kappa shape index (κ2) is 12.4. The largest absolute Gasteiger partial charge is 0.353 e. The fourth-order valence-corrected chi connectivity index (χ4v) is 7.06. The van der Waals surface area contributed by atoms with Crippen molar-refractivity contribution in [1.29, 1.82) is 0 Å². The van der Waals surface area contributed by atoms with Gasteiger partial charge in [-0.1, -0.05) is 83.4 Å². The molecule has 0 radical (unpaired) electrons. The van der Waals surface area contributed by atoms with E-state index in [1.54, 1.807) is 6.07 Å². The van der Waals surface area contributed by atoms with Crippen LogP contribution in [0.25, 0.3) is 0 Å². The van der Waals surface area contributed by atoms with Crippen LogP contribution in [0.2, 0.25) is 10.0 Å². The minimum absolute atomic E-state index is 0.0259. The van der Waals surface area contributed by atoms with Gasteiger partial charge < -0.3 is 5.32 Å². The van der Waals surface area contributed by atoms with E-state index in [4.69, 9.17) is 23.2 Å². The van der Waals surface area contributed by atoms with Crippen LogP contribution in [0.15, 0.2) is 77.7 Å². The van der Waals surface area contributed by atoms with Gasteiger partial charge in [0.1, 0.15) is 4.90 Å². The van der Waals surface area contributed by atoms with Crippen molar-refractivity contribution in [3.63, 3.8) is 0 Å². The summed E-state index contributed by atoms with van der Waals surface area (Å²) in [7, 11) is -3.84. The molecule has 3 aromatic rings. The molecule has 0 heterocycles. The van der Waals surface area contributed by atoms with Gasteiger partial charge in [0.25, 0.3) is 0 Å². The molecule has 4 rings (SSSR count). The lowest BCUT2D eigenvalue weighted by molar-refractivity contribution is -0.121. The highest BCUT2D eigenvalue weighted by molar-refractivity contribution is 7.89. The van der Waals surface area contributed by atoms with E-state index >= 15 is 0 Å². The fourth-order valence-electron chi connectivity index (χ4n) is 4.81. The van der Waals surface area contributed by atoms with Crippen molar-refractivity contribution >= 4 is 39.1 Å². The topological polar surface area (TPSA) is 66.5 Å². The molecule has 196 valence electrons. The first-order valence-corrected chi connectivity index (χ1v) is 14.7. The van der Waals surface area contributed by atoms with Gasteiger partial charge in [-0.3, -0.25) is 4.79 Å². The average Bonchev–Trinajstić information content (AvgIpc) is 2.86. The highest BCUT2D eigenvalue weighted by Gasteiger charge is 2.31. The van der Waals surface area contributed by atoms with E-state index < -0.39 is 10.0 Å². The van der Waals surface area contributed by atoms with Crippen molar-refractivity contribution in [2.45, 2.75) is 56.5 Å². The molecule has 3 aromatic carbocycles. The molecule has 1 aliphatic rings. The Kier molecular flexibility index (Phi) is 9.30. The molecule has 1 fully saturated rings. The Hall–Kier alpha value is -2.38. The second-order valence-electron chi connectivity index (χ2n) is 9.81. The third kappa shape index (κ3) is 7.57. The van der Waals surface area contributed by atoms with Crippen LogP contribution in [0.3, 0.4) is 0 Å². The molecule has 5 nitrogen and oxygen atoms in total. The van der Waals surface area contributed by atoms with Crippen LogP contribution < -0.4 is 5.32 Å². The fraction of sp³-hybridized carbons (Fsp3) is 0.345. The van der Waals surface area contributed by atoms with Crippen LogP contribution in [-0.4, -0.2) is 31.2 Å². The van der Waals surface area contributed by atoms with Crippen molar-refractivity contribution in [3.8, 4) is 0 Å². The molecule has 1 saturated carbocycles. The van der Waals surface area contributed by atoms with E-state index in [2.05, 4.69) is 5.32 Å². The number of amides is 1. The number of carbonyl (C=O) groups excluding carboxylic acids is 1. The number of hydrogen-bond donors (Lipinski definition) is 1. The first-order valence-electron chi connectivity index (χ1n) is 12.5. The minimum Gasteiger partial charge on any atom is -0.353 e. The highest BCUT2D eigenvalue weighted by Crippen LogP contribution is 2.32. The second-order valence-corrected chi connectivity index (χ2v) is 12.6. The Bertz CT molecular complexity index is 1310. The van der Waals surface area contributed by atoms with E-state index in [1.165, 1.54) is 22.0 Å². The van der Waals surface area contributed by atoms with E-state index in [0.717, 1.165) is 36.8 Å². The number of halogens is 2. The van der Waals surface area contributed by atoms with Gasteiger partial charge >= 0.3 is 0 Å². The van der Waals surface area contributed by atoms with Gasteiger partial charge in [0.15, 0.2) is 0 Å². The molecule has 37 heavy (non-hydrogen) atoms. The predicted molar refractivity (Wildman–Crippen MR) is 149 cm³/mol. The van der Waals surface area contributed by atoms with E-state index in [-0.39, 0.29) is 34.3 Å². The molecule has 8 heteroatoms. The monoisotopic (exact) mass is 558 g/mol. The standard InChI is InChI=1S/C29H32Cl2N2O3S/c1-21-7-9-22(10-8-21)17-29(34)32-26-14-11-24(12-15-26)20-33(19-23-5-3-2-4-6-23)37(35,36)28-16-13-25(30)18-27(28)31/h2-10,13,16,18,24,26H,11-12,14-15,17,19-20H2,1H3,(H,32,34). The summed E-state index contributed by atoms with van der Waals surface area (Å²) in [6.45, 7) is 2.67. The smallest absolute Gasteiger partial charge is 0.244 e. The maximum absolute atomic E-state index is 13.7. The summed E-state index contributed by atoms with van der Waals surface area (Å²) in [6, 6.07) is 22.2. The van der Waals surface area contributed by atoms with E-state index in [0.29, 0.717) is 18.0 Å².